The molecule has 3 N–H and O–H groups in total. The van der Waals surface area contributed by atoms with Crippen molar-refractivity contribution >= 4 is 21.4 Å². The van der Waals surface area contributed by atoms with Crippen molar-refractivity contribution in [3.05, 3.63) is 17.8 Å². The first kappa shape index (κ1) is 35.9. The molecular weight excluding hydrogens is 545 g/mol. The summed E-state index contributed by atoms with van der Waals surface area (Å²) in [6.45, 7) is 13.1. The van der Waals surface area contributed by atoms with Gasteiger partial charge in [-0.1, -0.05) is 53.9 Å². The van der Waals surface area contributed by atoms with Gasteiger partial charge in [0.05, 0.1) is 11.1 Å². The van der Waals surface area contributed by atoms with Gasteiger partial charge in [0.25, 0.3) is 0 Å². The lowest BCUT2D eigenvalue weighted by Crippen LogP contribution is -2.55. The van der Waals surface area contributed by atoms with E-state index in [1.54, 1.807) is 6.20 Å². The molecule has 5 nitrogen and oxygen atoms in total. The zero-order chi connectivity index (χ0) is 30.5. The van der Waals surface area contributed by atoms with Crippen molar-refractivity contribution in [2.75, 3.05) is 42.2 Å². The van der Waals surface area contributed by atoms with Crippen LogP contribution in [0.1, 0.15) is 117 Å². The minimum absolute atomic E-state index is 0.0617. The van der Waals surface area contributed by atoms with Crippen molar-refractivity contribution in [2.45, 2.75) is 135 Å². The van der Waals surface area contributed by atoms with Gasteiger partial charge >= 0.3 is 6.18 Å². The van der Waals surface area contributed by atoms with E-state index in [0.717, 1.165) is 99.6 Å². The van der Waals surface area contributed by atoms with Gasteiger partial charge in [0.1, 0.15) is 0 Å². The van der Waals surface area contributed by atoms with Crippen LogP contribution in [0, 0.1) is 5.41 Å². The van der Waals surface area contributed by atoms with Crippen LogP contribution in [-0.4, -0.2) is 75.4 Å². The van der Waals surface area contributed by atoms with E-state index in [9.17, 15) is 18.3 Å². The highest BCUT2D eigenvalue weighted by atomic mass is 32.3. The van der Waals surface area contributed by atoms with Gasteiger partial charge in [0, 0.05) is 41.7 Å². The number of alkyl halides is 3. The normalized spacial score (nSPS) is 19.4. The first-order valence-electron chi connectivity index (χ1n) is 16.1. The Kier molecular flexibility index (Phi) is 15.0. The maximum atomic E-state index is 13.1. The number of unbranched alkanes of at least 4 members (excludes halogenated alkanes) is 3. The van der Waals surface area contributed by atoms with Crippen molar-refractivity contribution in [3.8, 4) is 0 Å². The Morgan fingerprint density at radius 2 is 1.68 bits per heavy atom. The average molecular weight is 603 g/mol. The summed E-state index contributed by atoms with van der Waals surface area (Å²) in [7, 11) is -1.22. The van der Waals surface area contributed by atoms with Gasteiger partial charge in [-0.05, 0) is 87.8 Å². The van der Waals surface area contributed by atoms with Gasteiger partial charge in [-0.25, -0.2) is 0 Å². The zero-order valence-electron chi connectivity index (χ0n) is 26.3. The van der Waals surface area contributed by atoms with E-state index in [1.165, 1.54) is 0 Å². The van der Waals surface area contributed by atoms with Crippen LogP contribution in [0.2, 0.25) is 0 Å². The summed E-state index contributed by atoms with van der Waals surface area (Å²) >= 11 is 0. The summed E-state index contributed by atoms with van der Waals surface area (Å²) in [6.07, 6.45) is 5.83. The van der Waals surface area contributed by atoms with Crippen molar-refractivity contribution in [2.24, 2.45) is 0 Å². The van der Waals surface area contributed by atoms with Gasteiger partial charge < -0.3 is 15.8 Å². The Labute approximate surface area is 249 Å². The Hall–Kier alpha value is -1.32. The molecule has 238 valence electrons. The molecule has 0 amide bonds. The predicted octanol–water partition coefficient (Wildman–Crippen LogP) is 8.78. The molecule has 0 aromatic carbocycles. The molecule has 41 heavy (non-hydrogen) atoms. The van der Waals surface area contributed by atoms with Crippen molar-refractivity contribution in [3.63, 3.8) is 0 Å². The molecule has 1 aromatic heterocycles. The summed E-state index contributed by atoms with van der Waals surface area (Å²) in [5.74, 6) is 3.32. The number of aliphatic hydroxyl groups is 1. The Morgan fingerprint density at radius 1 is 1.07 bits per heavy atom. The molecule has 1 aliphatic rings. The third kappa shape index (κ3) is 9.85. The maximum absolute atomic E-state index is 13.1. The fraction of sp³-hybridized carbons (Fsp3) is 0.812. The Morgan fingerprint density at radius 3 is 2.20 bits per heavy atom. The molecule has 2 heterocycles. The van der Waals surface area contributed by atoms with Gasteiger partial charge in [-0.3, -0.25) is 9.88 Å². The van der Waals surface area contributed by atoms with Crippen LogP contribution >= 0.6 is 10.0 Å². The van der Waals surface area contributed by atoms with Gasteiger partial charge in [0.2, 0.25) is 0 Å². The third-order valence-electron chi connectivity index (χ3n) is 8.85. The van der Waals surface area contributed by atoms with Gasteiger partial charge in [-0.2, -0.15) is 23.2 Å². The molecule has 0 saturated carbocycles. The first-order valence-corrected chi connectivity index (χ1v) is 18.2. The van der Waals surface area contributed by atoms with Gasteiger partial charge in [0.15, 0.2) is 0 Å². The molecule has 0 radical (unpaired) electrons. The summed E-state index contributed by atoms with van der Waals surface area (Å²) < 4.78 is 39.2. The molecule has 2 rings (SSSR count). The fourth-order valence-corrected chi connectivity index (χ4v) is 10.7. The molecule has 0 bridgehead atoms. The number of halogens is 3. The summed E-state index contributed by atoms with van der Waals surface area (Å²) in [6, 6.07) is 2.04. The van der Waals surface area contributed by atoms with Crippen molar-refractivity contribution < 1.29 is 18.3 Å². The quantitative estimate of drug-likeness (QED) is 0.130. The number of aliphatic hydroxyl groups excluding tert-OH is 1. The molecule has 1 saturated heterocycles. The predicted molar refractivity (Wildman–Crippen MR) is 170 cm³/mol. The van der Waals surface area contributed by atoms with Crippen molar-refractivity contribution in [1.82, 2.24) is 9.88 Å². The van der Waals surface area contributed by atoms with E-state index >= 15 is 0 Å². The molecular formula is C32H57F3N4OS. The standard InChI is InChI=1S/C32H57F3N4OS/c1-6-11-20-41(21-12-7-2,22-13-8-3)30-23-28(26(24-38-30)27(36)15-17-32(33,34)35)37-25-29(40)31(10-5)16-14-19-39(31)18-9-4/h23-24,29,36,40H,6-22,25H2,1-5H3,(H,37,38). The second kappa shape index (κ2) is 17.1. The molecule has 1 aliphatic heterocycles. The molecule has 0 spiro atoms. The van der Waals surface area contributed by atoms with Crippen LogP contribution in [0.3, 0.4) is 0 Å². The lowest BCUT2D eigenvalue weighted by atomic mass is 9.86. The summed E-state index contributed by atoms with van der Waals surface area (Å²) in [5.41, 5.74) is 0.700. The van der Waals surface area contributed by atoms with Crippen LogP contribution in [0.25, 0.3) is 0 Å². The lowest BCUT2D eigenvalue weighted by molar-refractivity contribution is -0.132. The minimum Gasteiger partial charge on any atom is -0.389 e. The molecule has 9 heteroatoms. The SMILES string of the molecule is CCCCS(CCCC)(CCCC)c1cc(NCC(O)C2(CC)CCCN2CCC)c(C(=N)CCC(F)(F)F)cn1. The molecule has 1 fully saturated rings. The molecule has 2 atom stereocenters. The van der Waals surface area contributed by atoms with Crippen LogP contribution in [-0.2, 0) is 0 Å². The number of likely N-dealkylation sites (tertiary alicyclic amines) is 1. The number of rotatable bonds is 20. The van der Waals surface area contributed by atoms with Crippen LogP contribution < -0.4 is 5.32 Å². The second-order valence-corrected chi connectivity index (χ2v) is 15.6. The Bertz CT molecular complexity index is 907. The number of anilines is 1. The van der Waals surface area contributed by atoms with Crippen LogP contribution in [0.15, 0.2) is 17.3 Å². The molecule has 1 aromatic rings. The molecule has 2 unspecified atom stereocenters. The number of nitrogens with zero attached hydrogens (tertiary/aromatic N) is 2. The van der Waals surface area contributed by atoms with Crippen LogP contribution in [0.4, 0.5) is 18.9 Å². The number of hydrogen-bond donors (Lipinski definition) is 3. The fourth-order valence-electron chi connectivity index (χ4n) is 6.31. The average Bonchev–Trinajstić information content (AvgIpc) is 3.37. The van der Waals surface area contributed by atoms with E-state index in [0.29, 0.717) is 11.3 Å². The van der Waals surface area contributed by atoms with Crippen molar-refractivity contribution in [1.29, 1.82) is 5.41 Å². The number of nitrogens with one attached hydrogen (secondary N) is 2. The highest BCUT2D eigenvalue weighted by Crippen LogP contribution is 2.57. The van der Waals surface area contributed by atoms with E-state index in [4.69, 9.17) is 10.4 Å². The topological polar surface area (TPSA) is 72.2 Å². The largest absolute Gasteiger partial charge is 0.389 e. The highest BCUT2D eigenvalue weighted by Gasteiger charge is 2.44. The highest BCUT2D eigenvalue weighted by molar-refractivity contribution is 8.33. The minimum atomic E-state index is -4.32. The smallest absolute Gasteiger partial charge is 0.389 e. The van der Waals surface area contributed by atoms with E-state index in [-0.39, 0.29) is 24.2 Å². The second-order valence-electron chi connectivity index (χ2n) is 11.8. The summed E-state index contributed by atoms with van der Waals surface area (Å²) in [5, 5.41) is 24.6. The van der Waals surface area contributed by atoms with E-state index < -0.39 is 28.7 Å². The maximum Gasteiger partial charge on any atom is 0.389 e. The van der Waals surface area contributed by atoms with Crippen LogP contribution in [0.5, 0.6) is 0 Å². The number of hydrogen-bond acceptors (Lipinski definition) is 5. The van der Waals surface area contributed by atoms with E-state index in [1.807, 2.05) is 6.07 Å². The van der Waals surface area contributed by atoms with Gasteiger partial charge in [-0.15, -0.1) is 0 Å². The first-order chi connectivity index (χ1) is 19.5. The lowest BCUT2D eigenvalue weighted by Gasteiger charge is -2.42. The number of aromatic nitrogens is 1. The number of pyridine rings is 1. The third-order valence-corrected chi connectivity index (χ3v) is 13.2. The summed E-state index contributed by atoms with van der Waals surface area (Å²) in [4.78, 5) is 7.33. The Balaban J connectivity index is 2.49. The van der Waals surface area contributed by atoms with E-state index in [2.05, 4.69) is 44.8 Å². The monoisotopic (exact) mass is 602 g/mol. The zero-order valence-corrected chi connectivity index (χ0v) is 27.2. The molecule has 0 aliphatic carbocycles.